The summed E-state index contributed by atoms with van der Waals surface area (Å²) < 4.78 is 224. The molecular weight excluding hydrogens is 652 g/mol. The average Bonchev–Trinajstić information content (AvgIpc) is 3.25. The first-order chi connectivity index (χ1) is 19.5. The molecule has 0 N–H and O–H groups in total. The maximum Gasteiger partial charge on any atom is 0.397 e. The zero-order valence-corrected chi connectivity index (χ0v) is 21.4. The second-order valence-corrected chi connectivity index (χ2v) is 10.1. The van der Waals surface area contributed by atoms with E-state index in [1.165, 1.54) is 24.3 Å². The van der Waals surface area contributed by atoms with E-state index in [4.69, 9.17) is 0 Å². The van der Waals surface area contributed by atoms with Crippen molar-refractivity contribution in [3.05, 3.63) is 70.3 Å². The zero-order valence-electron chi connectivity index (χ0n) is 20.6. The molecule has 43 heavy (non-hydrogen) atoms. The minimum absolute atomic E-state index is 0.0537. The van der Waals surface area contributed by atoms with E-state index in [9.17, 15) is 61.1 Å². The number of nitrogens with zero attached hydrogens (tertiary/aromatic N) is 1. The van der Waals surface area contributed by atoms with Crippen LogP contribution in [0.2, 0.25) is 0 Å². The Morgan fingerprint density at radius 3 is 1.91 bits per heavy atom. The largest absolute Gasteiger partial charge is 0.480 e. The van der Waals surface area contributed by atoms with Crippen molar-refractivity contribution < 1.29 is 78.9 Å². The maximum absolute atomic E-state index is 15.2. The lowest BCUT2D eigenvalue weighted by Crippen LogP contribution is -2.70. The van der Waals surface area contributed by atoms with E-state index < -0.39 is 68.6 Å². The van der Waals surface area contributed by atoms with Crippen molar-refractivity contribution >= 4 is 15.8 Å². The molecule has 0 aliphatic heterocycles. The molecule has 5 nitrogen and oxygen atoms in total. The molecule has 0 saturated carbocycles. The summed E-state index contributed by atoms with van der Waals surface area (Å²) in [5.41, 5.74) is -3.34. The summed E-state index contributed by atoms with van der Waals surface area (Å²) in [7, 11) is -5.88. The highest BCUT2D eigenvalue weighted by Gasteiger charge is 2.88. The lowest BCUT2D eigenvalue weighted by Gasteiger charge is -2.39. The van der Waals surface area contributed by atoms with Crippen LogP contribution in [0.4, 0.5) is 61.5 Å². The summed E-state index contributed by atoms with van der Waals surface area (Å²) in [6.45, 7) is 0. The smallest absolute Gasteiger partial charge is 0.397 e. The van der Waals surface area contributed by atoms with Gasteiger partial charge in [-0.2, -0.15) is 61.1 Å². The Labute approximate surface area is 231 Å². The van der Waals surface area contributed by atoms with Gasteiger partial charge >= 0.3 is 57.3 Å². The van der Waals surface area contributed by atoms with Crippen LogP contribution in [-0.2, 0) is 25.6 Å². The first-order valence-corrected chi connectivity index (χ1v) is 12.4. The fraction of sp³-hybridized carbons (Fsp3) is 0.348. The van der Waals surface area contributed by atoms with E-state index in [1.807, 2.05) is 0 Å². The summed E-state index contributed by atoms with van der Waals surface area (Å²) in [6, 6.07) is 7.84. The SMILES string of the molecule is COC(=C(F)F)S(=O)(=O)ON=C(c1ccc2c(c1)Cc1ccccc1-2)C(F)(F)C(F)(F)C(F)(F)C(F)(F)C(F)(F)C(F)F. The Kier molecular flexibility index (Phi) is 8.56. The van der Waals surface area contributed by atoms with Crippen molar-refractivity contribution in [1.29, 1.82) is 0 Å². The number of rotatable bonds is 11. The predicted molar refractivity (Wildman–Crippen MR) is 118 cm³/mol. The molecular formula is C23H13F14NO4S. The van der Waals surface area contributed by atoms with Gasteiger partial charge in [0.15, 0.2) is 5.71 Å². The molecule has 238 valence electrons. The highest BCUT2D eigenvalue weighted by molar-refractivity contribution is 7.90. The highest BCUT2D eigenvalue weighted by atomic mass is 32.2. The fourth-order valence-corrected chi connectivity index (χ4v) is 4.50. The van der Waals surface area contributed by atoms with E-state index in [-0.39, 0.29) is 24.7 Å². The fourth-order valence-electron chi connectivity index (χ4n) is 3.87. The van der Waals surface area contributed by atoms with Crippen LogP contribution >= 0.6 is 0 Å². The van der Waals surface area contributed by atoms with Crippen molar-refractivity contribution in [3.63, 3.8) is 0 Å². The second kappa shape index (κ2) is 10.8. The maximum atomic E-state index is 15.2. The van der Waals surface area contributed by atoms with Gasteiger partial charge < -0.3 is 4.74 Å². The predicted octanol–water partition coefficient (Wildman–Crippen LogP) is 7.46. The van der Waals surface area contributed by atoms with Gasteiger partial charge in [-0.3, -0.25) is 4.28 Å². The van der Waals surface area contributed by atoms with E-state index in [0.29, 0.717) is 23.3 Å². The summed E-state index contributed by atoms with van der Waals surface area (Å²) in [5.74, 6) is -37.9. The summed E-state index contributed by atoms with van der Waals surface area (Å²) in [4.78, 5) is 0. The zero-order chi connectivity index (χ0) is 33.0. The summed E-state index contributed by atoms with van der Waals surface area (Å²) in [5, 5.41) is -0.382. The van der Waals surface area contributed by atoms with Crippen molar-refractivity contribution in [2.45, 2.75) is 42.5 Å². The highest BCUT2D eigenvalue weighted by Crippen LogP contribution is 2.58. The van der Waals surface area contributed by atoms with E-state index in [0.717, 1.165) is 6.07 Å². The van der Waals surface area contributed by atoms with Gasteiger partial charge in [0.2, 0.25) is 0 Å². The number of ether oxygens (including phenoxy) is 1. The van der Waals surface area contributed by atoms with Crippen molar-refractivity contribution in [2.24, 2.45) is 5.16 Å². The molecule has 0 atom stereocenters. The second-order valence-electron chi connectivity index (χ2n) is 8.65. The quantitative estimate of drug-likeness (QED) is 0.0924. The Hall–Kier alpha value is -3.58. The molecule has 2 aromatic carbocycles. The Morgan fingerprint density at radius 2 is 1.37 bits per heavy atom. The number of hydrogen-bond acceptors (Lipinski definition) is 5. The van der Waals surface area contributed by atoms with E-state index >= 15 is 8.78 Å². The monoisotopic (exact) mass is 665 g/mol. The Balaban J connectivity index is 2.26. The van der Waals surface area contributed by atoms with Gasteiger partial charge in [-0.1, -0.05) is 41.6 Å². The van der Waals surface area contributed by atoms with Crippen LogP contribution in [0.5, 0.6) is 0 Å². The number of hydrogen-bond donors (Lipinski definition) is 0. The molecule has 0 unspecified atom stereocenters. The molecule has 3 rings (SSSR count). The molecule has 2 aromatic rings. The third-order valence-electron chi connectivity index (χ3n) is 6.03. The molecule has 0 aromatic heterocycles. The van der Waals surface area contributed by atoms with Gasteiger partial charge in [-0.25, -0.2) is 8.78 Å². The van der Waals surface area contributed by atoms with Gasteiger partial charge in [-0.05, 0) is 34.7 Å². The van der Waals surface area contributed by atoms with Crippen LogP contribution in [-0.4, -0.2) is 57.3 Å². The first kappa shape index (κ1) is 33.9. The normalized spacial score (nSPS) is 14.8. The molecule has 0 amide bonds. The minimum Gasteiger partial charge on any atom is -0.480 e. The molecule has 0 heterocycles. The van der Waals surface area contributed by atoms with Gasteiger partial charge in [0.05, 0.1) is 7.11 Å². The van der Waals surface area contributed by atoms with Crippen molar-refractivity contribution in [2.75, 3.05) is 7.11 Å². The number of alkyl halides is 12. The van der Waals surface area contributed by atoms with Crippen LogP contribution in [0.15, 0.2) is 58.8 Å². The molecule has 1 aliphatic carbocycles. The van der Waals surface area contributed by atoms with Crippen molar-refractivity contribution in [1.82, 2.24) is 0 Å². The molecule has 0 fully saturated rings. The van der Waals surface area contributed by atoms with Crippen LogP contribution in [0, 0.1) is 0 Å². The van der Waals surface area contributed by atoms with Gasteiger partial charge in [0.25, 0.3) is 0 Å². The number of fused-ring (bicyclic) bond motifs is 3. The molecule has 0 radical (unpaired) electrons. The number of oxime groups is 1. The average molecular weight is 665 g/mol. The number of methoxy groups -OCH3 is 1. The van der Waals surface area contributed by atoms with Crippen LogP contribution in [0.3, 0.4) is 0 Å². The Bertz CT molecular complexity index is 1570. The summed E-state index contributed by atoms with van der Waals surface area (Å²) >= 11 is 0. The molecule has 0 spiro atoms. The number of halogens is 14. The minimum atomic E-state index is -8.00. The van der Waals surface area contributed by atoms with Crippen LogP contribution in [0.25, 0.3) is 11.1 Å². The first-order valence-electron chi connectivity index (χ1n) is 11.0. The lowest BCUT2D eigenvalue weighted by atomic mass is 9.89. The molecule has 20 heteroatoms. The third kappa shape index (κ3) is 5.26. The third-order valence-corrected chi connectivity index (χ3v) is 7.08. The van der Waals surface area contributed by atoms with Crippen LogP contribution in [0.1, 0.15) is 16.7 Å². The van der Waals surface area contributed by atoms with Crippen molar-refractivity contribution in [3.8, 4) is 11.1 Å². The lowest BCUT2D eigenvalue weighted by molar-refractivity contribution is -0.404. The molecule has 1 aliphatic rings. The summed E-state index contributed by atoms with van der Waals surface area (Å²) in [6.07, 6.45) is -9.13. The standard InChI is InChI=1S/C23H13F14NO4S/c1-41-17(16(24)25)43(39,40)42-38-15(11-6-7-14-12(9-11)8-10-4-2-3-5-13(10)14)19(28,29)21(32,33)23(36,37)22(34,35)20(30,31)18(26)27/h2-7,9,18H,8H2,1H3. The van der Waals surface area contributed by atoms with Gasteiger partial charge in [0, 0.05) is 5.56 Å². The topological polar surface area (TPSA) is 65.0 Å². The number of benzene rings is 2. The molecule has 0 saturated heterocycles. The Morgan fingerprint density at radius 1 is 0.814 bits per heavy atom. The van der Waals surface area contributed by atoms with Crippen LogP contribution < -0.4 is 0 Å². The van der Waals surface area contributed by atoms with Gasteiger partial charge in [-0.15, -0.1) is 0 Å². The van der Waals surface area contributed by atoms with E-state index in [1.54, 1.807) is 0 Å². The van der Waals surface area contributed by atoms with Gasteiger partial charge in [0.1, 0.15) is 0 Å². The van der Waals surface area contributed by atoms with E-state index in [2.05, 4.69) is 14.2 Å². The molecule has 0 bridgehead atoms.